The Morgan fingerprint density at radius 2 is 2.10 bits per heavy atom. The second-order valence-electron chi connectivity index (χ2n) is 7.92. The smallest absolute Gasteiger partial charge is 0.191 e. The maximum absolute atomic E-state index is 5.80. The zero-order valence-electron chi connectivity index (χ0n) is 18.9. The van der Waals surface area contributed by atoms with Crippen LogP contribution in [0, 0.1) is 12.8 Å². The Balaban J connectivity index is 0.00000341. The Kier molecular flexibility index (Phi) is 13.3. The van der Waals surface area contributed by atoms with Crippen molar-refractivity contribution in [1.29, 1.82) is 0 Å². The molecule has 178 valence electrons. The molecule has 2 saturated heterocycles. The van der Waals surface area contributed by atoms with E-state index < -0.39 is 0 Å². The number of hydrogen-bond acceptors (Lipinski definition) is 6. The number of guanidine groups is 1. The zero-order valence-corrected chi connectivity index (χ0v) is 22.1. The van der Waals surface area contributed by atoms with Crippen LogP contribution in [0.5, 0.6) is 0 Å². The van der Waals surface area contributed by atoms with E-state index in [1.807, 2.05) is 11.3 Å². The van der Waals surface area contributed by atoms with Crippen molar-refractivity contribution in [3.05, 3.63) is 21.9 Å². The minimum absolute atomic E-state index is 0. The lowest BCUT2D eigenvalue weighted by atomic mass is 10.1. The van der Waals surface area contributed by atoms with Gasteiger partial charge >= 0.3 is 0 Å². The van der Waals surface area contributed by atoms with Gasteiger partial charge in [-0.1, -0.05) is 0 Å². The van der Waals surface area contributed by atoms with Crippen LogP contribution in [0.3, 0.4) is 0 Å². The Morgan fingerprint density at radius 1 is 1.26 bits per heavy atom. The third-order valence-corrected chi connectivity index (χ3v) is 6.58. The van der Waals surface area contributed by atoms with Gasteiger partial charge in [-0.05, 0) is 38.8 Å². The fourth-order valence-corrected chi connectivity index (χ4v) is 4.78. The van der Waals surface area contributed by atoms with E-state index in [0.717, 1.165) is 91.2 Å². The third kappa shape index (κ3) is 9.51. The number of morpholine rings is 1. The largest absolute Gasteiger partial charge is 0.381 e. The van der Waals surface area contributed by atoms with Crippen LogP contribution in [0.4, 0.5) is 0 Å². The van der Waals surface area contributed by atoms with Crippen molar-refractivity contribution in [2.45, 2.75) is 32.7 Å². The molecule has 3 rings (SSSR count). The molecule has 1 aromatic heterocycles. The van der Waals surface area contributed by atoms with E-state index >= 15 is 0 Å². The van der Waals surface area contributed by atoms with Crippen molar-refractivity contribution in [1.82, 2.24) is 15.5 Å². The Labute approximate surface area is 208 Å². The molecule has 0 saturated carbocycles. The minimum Gasteiger partial charge on any atom is -0.381 e. The summed E-state index contributed by atoms with van der Waals surface area (Å²) in [6.45, 7) is 13.6. The molecule has 2 aliphatic heterocycles. The van der Waals surface area contributed by atoms with Gasteiger partial charge in [0.1, 0.15) is 0 Å². The van der Waals surface area contributed by atoms with E-state index in [1.54, 1.807) is 0 Å². The third-order valence-electron chi connectivity index (χ3n) is 5.48. The van der Waals surface area contributed by atoms with Crippen LogP contribution in [0.25, 0.3) is 0 Å². The normalized spacial score (nSPS) is 21.0. The fourth-order valence-electron chi connectivity index (χ4n) is 3.77. The van der Waals surface area contributed by atoms with Crippen LogP contribution < -0.4 is 10.6 Å². The van der Waals surface area contributed by atoms with Crippen LogP contribution >= 0.6 is 35.3 Å². The molecule has 0 amide bonds. The molecule has 2 aliphatic rings. The summed E-state index contributed by atoms with van der Waals surface area (Å²) < 4.78 is 16.7. The van der Waals surface area contributed by atoms with E-state index in [-0.39, 0.29) is 24.0 Å². The van der Waals surface area contributed by atoms with Crippen molar-refractivity contribution in [2.24, 2.45) is 10.9 Å². The van der Waals surface area contributed by atoms with Gasteiger partial charge in [0, 0.05) is 55.1 Å². The molecule has 2 unspecified atom stereocenters. The first kappa shape index (κ1) is 26.8. The number of rotatable bonds is 11. The Hall–Kier alpha value is -0.460. The zero-order chi connectivity index (χ0) is 21.0. The number of aliphatic imine (C=N–C) groups is 1. The van der Waals surface area contributed by atoms with Gasteiger partial charge in [-0.2, -0.15) is 0 Å². The van der Waals surface area contributed by atoms with Crippen LogP contribution in [0.1, 0.15) is 35.6 Å². The second kappa shape index (κ2) is 15.4. The number of ether oxygens (including phenoxy) is 3. The number of nitrogens with one attached hydrogen (secondary N) is 2. The quantitative estimate of drug-likeness (QED) is 0.186. The van der Waals surface area contributed by atoms with Crippen LogP contribution in [-0.2, 0) is 14.2 Å². The molecule has 2 fully saturated rings. The number of nitrogens with zero attached hydrogens (tertiary/aromatic N) is 2. The molecule has 31 heavy (non-hydrogen) atoms. The molecule has 0 aromatic carbocycles. The van der Waals surface area contributed by atoms with E-state index in [9.17, 15) is 0 Å². The minimum atomic E-state index is 0. The summed E-state index contributed by atoms with van der Waals surface area (Å²) in [5.41, 5.74) is 0. The van der Waals surface area contributed by atoms with Crippen LogP contribution in [-0.4, -0.2) is 83.2 Å². The highest BCUT2D eigenvalue weighted by Gasteiger charge is 2.23. The number of hydrogen-bond donors (Lipinski definition) is 2. The number of thiophene rings is 1. The van der Waals surface area contributed by atoms with E-state index in [4.69, 9.17) is 19.2 Å². The molecule has 3 heterocycles. The molecular formula is C22H39IN4O3S. The molecule has 0 aliphatic carbocycles. The average molecular weight is 567 g/mol. The summed E-state index contributed by atoms with van der Waals surface area (Å²) in [6.07, 6.45) is 2.10. The van der Waals surface area contributed by atoms with Crippen molar-refractivity contribution < 1.29 is 14.2 Å². The molecule has 9 heteroatoms. The van der Waals surface area contributed by atoms with Gasteiger partial charge in [0.25, 0.3) is 0 Å². The second-order valence-corrected chi connectivity index (χ2v) is 9.24. The first-order valence-corrected chi connectivity index (χ1v) is 12.1. The van der Waals surface area contributed by atoms with E-state index in [1.165, 1.54) is 9.75 Å². The van der Waals surface area contributed by atoms with Crippen molar-refractivity contribution >= 4 is 41.3 Å². The fraction of sp³-hybridized carbons (Fsp3) is 0.773. The maximum atomic E-state index is 5.80. The summed E-state index contributed by atoms with van der Waals surface area (Å²) in [6, 6.07) is 4.76. The molecule has 0 radical (unpaired) electrons. The monoisotopic (exact) mass is 566 g/mol. The molecule has 2 atom stereocenters. The van der Waals surface area contributed by atoms with Gasteiger partial charge in [0.05, 0.1) is 39.0 Å². The van der Waals surface area contributed by atoms with Gasteiger partial charge in [-0.25, -0.2) is 0 Å². The highest BCUT2D eigenvalue weighted by atomic mass is 127. The van der Waals surface area contributed by atoms with Crippen LogP contribution in [0.2, 0.25) is 0 Å². The maximum Gasteiger partial charge on any atom is 0.191 e. The van der Waals surface area contributed by atoms with Gasteiger partial charge in [0.15, 0.2) is 5.96 Å². The van der Waals surface area contributed by atoms with Crippen LogP contribution in [0.15, 0.2) is 17.1 Å². The van der Waals surface area contributed by atoms with Gasteiger partial charge in [-0.15, -0.1) is 35.3 Å². The molecule has 2 N–H and O–H groups in total. The molecule has 0 bridgehead atoms. The van der Waals surface area contributed by atoms with Gasteiger partial charge in [-0.3, -0.25) is 9.89 Å². The predicted molar refractivity (Wildman–Crippen MR) is 138 cm³/mol. The lowest BCUT2D eigenvalue weighted by molar-refractivity contribution is 0.0186. The van der Waals surface area contributed by atoms with Crippen molar-refractivity contribution in [2.75, 3.05) is 72.4 Å². The SMILES string of the molecule is CCNC(=NCC(c1ccc(C)s1)N1CCOCC1)NCCCOCC1CCOC1.I. The number of halogens is 1. The van der Waals surface area contributed by atoms with Gasteiger partial charge < -0.3 is 24.8 Å². The molecular weight excluding hydrogens is 527 g/mol. The van der Waals surface area contributed by atoms with Gasteiger partial charge in [0.2, 0.25) is 0 Å². The number of aryl methyl sites for hydroxylation is 1. The first-order chi connectivity index (χ1) is 14.8. The standard InChI is InChI=1S/C22H38N4O3S.HI/c1-3-23-22(24-8-4-11-28-16-19-7-12-29-17-19)25-15-20(21-6-5-18(2)30-21)26-9-13-27-14-10-26;/h5-6,19-20H,3-4,7-17H2,1-2H3,(H2,23,24,25);1H. The van der Waals surface area contributed by atoms with Crippen molar-refractivity contribution in [3.8, 4) is 0 Å². The average Bonchev–Trinajstić information content (AvgIpc) is 3.43. The predicted octanol–water partition coefficient (Wildman–Crippen LogP) is 3.05. The summed E-state index contributed by atoms with van der Waals surface area (Å²) in [7, 11) is 0. The van der Waals surface area contributed by atoms with E-state index in [2.05, 4.69) is 41.5 Å². The summed E-state index contributed by atoms with van der Waals surface area (Å²) in [5, 5.41) is 6.83. The highest BCUT2D eigenvalue weighted by molar-refractivity contribution is 14.0. The topological polar surface area (TPSA) is 67.4 Å². The molecule has 7 nitrogen and oxygen atoms in total. The summed E-state index contributed by atoms with van der Waals surface area (Å²) in [5.74, 6) is 1.46. The lowest BCUT2D eigenvalue weighted by Gasteiger charge is -2.33. The molecule has 1 aromatic rings. The molecule has 0 spiro atoms. The van der Waals surface area contributed by atoms with Crippen molar-refractivity contribution in [3.63, 3.8) is 0 Å². The highest BCUT2D eigenvalue weighted by Crippen LogP contribution is 2.28. The van der Waals surface area contributed by atoms with E-state index in [0.29, 0.717) is 12.0 Å². The first-order valence-electron chi connectivity index (χ1n) is 11.3. The summed E-state index contributed by atoms with van der Waals surface area (Å²) in [4.78, 5) is 10.2. The Bertz CT molecular complexity index is 634. The summed E-state index contributed by atoms with van der Waals surface area (Å²) >= 11 is 1.87. The Morgan fingerprint density at radius 3 is 2.77 bits per heavy atom. The lowest BCUT2D eigenvalue weighted by Crippen LogP contribution is -2.41.